The van der Waals surface area contributed by atoms with Crippen molar-refractivity contribution in [3.05, 3.63) is 329 Å². The summed E-state index contributed by atoms with van der Waals surface area (Å²) < 4.78 is 5.28. The van der Waals surface area contributed by atoms with Gasteiger partial charge in [-0.05, 0) is 175 Å². The third-order valence-corrected chi connectivity index (χ3v) is 15.5. The molecular weight excluding hydrogens is 1120 g/mol. The average Bonchev–Trinajstić information content (AvgIpc) is 1.98. The maximum Gasteiger partial charge on any atom is 0.487 e. The van der Waals surface area contributed by atoms with Crippen molar-refractivity contribution in [3.63, 3.8) is 0 Å². The molecule has 0 amide bonds. The molecule has 14 rings (SSSR count). The van der Waals surface area contributed by atoms with E-state index in [0.717, 1.165) is 87.2 Å². The molecule has 0 fully saturated rings. The molecule has 0 unspecified atom stereocenters. The fourth-order valence-corrected chi connectivity index (χ4v) is 11.6. The molecule has 404 valence electrons. The minimum atomic E-state index is -1.66. The first kappa shape index (κ1) is 55.2. The summed E-state index contributed by atoms with van der Waals surface area (Å²) in [6.07, 6.45) is 0. The van der Waals surface area contributed by atoms with Gasteiger partial charge in [-0.1, -0.05) is 192 Å². The molecule has 0 aliphatic heterocycles. The smallest absolute Gasteiger partial charge is 0.423 e. The number of rotatable bonds is 8. The summed E-state index contributed by atoms with van der Waals surface area (Å²) in [7, 11) is -1.66. The first-order valence-electron chi connectivity index (χ1n) is 27.6. The number of aromatic nitrogens is 2. The van der Waals surface area contributed by atoms with Gasteiger partial charge in [-0.3, -0.25) is 0 Å². The van der Waals surface area contributed by atoms with E-state index in [9.17, 15) is 10.0 Å². The summed E-state index contributed by atoms with van der Waals surface area (Å²) in [6.45, 7) is 30.0. The highest BCUT2D eigenvalue weighted by atomic mass is 79.9. The third kappa shape index (κ3) is 11.4. The van der Waals surface area contributed by atoms with Crippen molar-refractivity contribution >= 4 is 94.9 Å². The monoisotopic (exact) mass is 1170 g/mol. The highest BCUT2D eigenvalue weighted by molar-refractivity contribution is 9.10. The van der Waals surface area contributed by atoms with Gasteiger partial charge in [-0.15, -0.1) is 0 Å². The highest BCUT2D eigenvalue weighted by Crippen LogP contribution is 2.40. The van der Waals surface area contributed by atoms with Crippen LogP contribution in [0.2, 0.25) is 0 Å². The predicted molar refractivity (Wildman–Crippen MR) is 358 cm³/mol. The van der Waals surface area contributed by atoms with E-state index in [1.165, 1.54) is 28.3 Å². The van der Waals surface area contributed by atoms with Gasteiger partial charge in [0.2, 0.25) is 0 Å². The molecule has 2 aromatic heterocycles. The van der Waals surface area contributed by atoms with E-state index in [4.69, 9.17) is 26.3 Å². The van der Waals surface area contributed by atoms with Crippen LogP contribution in [-0.2, 0) is 0 Å². The van der Waals surface area contributed by atoms with Crippen molar-refractivity contribution in [2.45, 2.75) is 0 Å². The van der Waals surface area contributed by atoms with Gasteiger partial charge in [-0.2, -0.15) is 0 Å². The maximum absolute atomic E-state index is 9.57. The van der Waals surface area contributed by atoms with Crippen molar-refractivity contribution < 1.29 is 10.0 Å². The number of hydrogen-bond acceptors (Lipinski definition) is 2. The molecule has 0 radical (unpaired) electrons. The molecule has 0 atom stereocenters. The van der Waals surface area contributed by atoms with Crippen LogP contribution in [0.5, 0.6) is 0 Å². The Morgan fingerprint density at radius 1 is 0.279 bits per heavy atom. The van der Waals surface area contributed by atoms with E-state index in [1.807, 2.05) is 108 Å². The zero-order chi connectivity index (χ0) is 59.1. The van der Waals surface area contributed by atoms with Gasteiger partial charge < -0.3 is 19.2 Å². The second-order valence-electron chi connectivity index (χ2n) is 20.4. The molecule has 0 aliphatic rings. The van der Waals surface area contributed by atoms with Crippen molar-refractivity contribution in [2.75, 3.05) is 0 Å². The largest absolute Gasteiger partial charge is 0.487 e. The lowest BCUT2D eigenvalue weighted by Gasteiger charge is -2.14. The van der Waals surface area contributed by atoms with Crippen LogP contribution in [0, 0.1) is 26.3 Å². The van der Waals surface area contributed by atoms with Gasteiger partial charge in [0, 0.05) is 26.6 Å². The maximum atomic E-state index is 9.57. The fourth-order valence-electron chi connectivity index (χ4n) is 11.1. The molecule has 0 saturated heterocycles. The molecule has 10 heteroatoms. The SMILES string of the molecule is Brc1cc(-c2ccccc2)cc(-c2ccccc2)c1.[C-]#[N+]c1cc(-c2cc(-c3ccccc3)cc(-c3ccccc3)c2)cc(-n2c3ccccc3c3cc([N+]#[C-])ccc32)c1.[C-]#[N+]c1cc(B(O)O)cc(-n2c3ccccc3c3cc([N+]#[C-])ccc32)c1. The van der Waals surface area contributed by atoms with E-state index in [2.05, 4.69) is 192 Å². The van der Waals surface area contributed by atoms with Crippen molar-refractivity contribution in [3.8, 4) is 67.0 Å². The van der Waals surface area contributed by atoms with E-state index in [1.54, 1.807) is 18.2 Å². The number of fused-ring (bicyclic) bond motifs is 6. The second-order valence-corrected chi connectivity index (χ2v) is 21.4. The summed E-state index contributed by atoms with van der Waals surface area (Å²) in [4.78, 5) is 14.5. The molecule has 86 heavy (non-hydrogen) atoms. The third-order valence-electron chi connectivity index (χ3n) is 15.1. The summed E-state index contributed by atoms with van der Waals surface area (Å²) in [5.41, 5.74) is 19.3. The minimum absolute atomic E-state index is 0.261. The van der Waals surface area contributed by atoms with E-state index < -0.39 is 7.12 Å². The topological polar surface area (TPSA) is 67.8 Å². The molecule has 8 nitrogen and oxygen atoms in total. The van der Waals surface area contributed by atoms with Crippen LogP contribution in [0.15, 0.2) is 284 Å². The second kappa shape index (κ2) is 24.6. The van der Waals surface area contributed by atoms with Crippen LogP contribution in [-0.4, -0.2) is 26.3 Å². The molecule has 14 aromatic rings. The Hall–Kier alpha value is -11.3. The molecule has 0 saturated carbocycles. The fraction of sp³-hybridized carbons (Fsp3) is 0. The summed E-state index contributed by atoms with van der Waals surface area (Å²) in [5, 5.41) is 23.2. The Bertz CT molecular complexity index is 4920. The standard InChI is InChI=1S/C38H23N3.C20H12BN3O2.C18H13Br/c1-39-32-17-18-38-36(25-32)35-15-9-10-16-37(35)41(38)34-23-31(22-33(24-34)40-2)30-20-28(26-11-5-3-6-12-26)19-29(21-30)27-13-7-4-8-14-27;1-22-14-7-8-20-18(12-14)17-5-3-4-6-19(17)24(20)16-10-13(21(25)26)9-15(11-16)23-2;19-18-12-16(14-7-3-1-4-8-14)11-17(13-18)15-9-5-2-6-10-15/h3-25H;3-12,25-26H;1-13H. The van der Waals surface area contributed by atoms with Gasteiger partial charge in [0.25, 0.3) is 0 Å². The Labute approximate surface area is 507 Å². The number of benzene rings is 12. The van der Waals surface area contributed by atoms with Crippen LogP contribution in [0.4, 0.5) is 22.7 Å². The quantitative estimate of drug-likeness (QED) is 0.118. The van der Waals surface area contributed by atoms with Gasteiger partial charge in [0.05, 0.1) is 48.4 Å². The van der Waals surface area contributed by atoms with Crippen LogP contribution < -0.4 is 5.46 Å². The lowest BCUT2D eigenvalue weighted by molar-refractivity contribution is 0.426. The Balaban J connectivity index is 0.000000137. The number of hydrogen-bond donors (Lipinski definition) is 2. The molecule has 0 aliphatic carbocycles. The Morgan fingerprint density at radius 2 is 0.605 bits per heavy atom. The van der Waals surface area contributed by atoms with E-state index in [0.29, 0.717) is 28.4 Å². The normalized spacial score (nSPS) is 10.7. The zero-order valence-corrected chi connectivity index (χ0v) is 47.7. The molecule has 0 bridgehead atoms. The van der Waals surface area contributed by atoms with Gasteiger partial charge in [-0.25, -0.2) is 19.4 Å². The minimum Gasteiger partial charge on any atom is -0.423 e. The molecule has 2 heterocycles. The van der Waals surface area contributed by atoms with Crippen LogP contribution in [0.1, 0.15) is 0 Å². The van der Waals surface area contributed by atoms with E-state index >= 15 is 0 Å². The molecule has 2 N–H and O–H groups in total. The molecule has 0 spiro atoms. The summed E-state index contributed by atoms with van der Waals surface area (Å²) >= 11 is 3.61. The van der Waals surface area contributed by atoms with Gasteiger partial charge >= 0.3 is 7.12 Å². The number of halogens is 1. The molecule has 12 aromatic carbocycles. The highest BCUT2D eigenvalue weighted by Gasteiger charge is 2.19. The number of para-hydroxylation sites is 2. The zero-order valence-electron chi connectivity index (χ0n) is 46.1. The number of nitrogens with zero attached hydrogens (tertiary/aromatic N) is 6. The van der Waals surface area contributed by atoms with Crippen molar-refractivity contribution in [2.24, 2.45) is 0 Å². The molecular formula is C76H48BBrN6O2. The predicted octanol–water partition coefficient (Wildman–Crippen LogP) is 20.2. The lowest BCUT2D eigenvalue weighted by atomic mass is 9.80. The summed E-state index contributed by atoms with van der Waals surface area (Å²) in [5.74, 6) is 0. The first-order valence-corrected chi connectivity index (χ1v) is 28.4. The van der Waals surface area contributed by atoms with Crippen LogP contribution in [0.25, 0.3) is 130 Å². The Kier molecular flexibility index (Phi) is 15.8. The van der Waals surface area contributed by atoms with Crippen molar-refractivity contribution in [1.82, 2.24) is 9.13 Å². The van der Waals surface area contributed by atoms with Crippen LogP contribution >= 0.6 is 15.9 Å². The lowest BCUT2D eigenvalue weighted by Crippen LogP contribution is -2.30. The van der Waals surface area contributed by atoms with Crippen LogP contribution in [0.3, 0.4) is 0 Å². The Morgan fingerprint density at radius 3 is 1.00 bits per heavy atom. The van der Waals surface area contributed by atoms with Gasteiger partial charge in [0.15, 0.2) is 22.7 Å². The van der Waals surface area contributed by atoms with Gasteiger partial charge in [0.1, 0.15) is 0 Å². The first-order chi connectivity index (χ1) is 42.2. The summed E-state index contributed by atoms with van der Waals surface area (Å²) in [6, 6.07) is 93.2. The average molecular weight is 1170 g/mol. The van der Waals surface area contributed by atoms with E-state index in [-0.39, 0.29) is 5.46 Å². The van der Waals surface area contributed by atoms with Crippen molar-refractivity contribution in [1.29, 1.82) is 0 Å².